The quantitative estimate of drug-likeness (QED) is 0.906. The SMILES string of the molecule is C[C@@H](NC(=O)[C@@H]1CN(S(C)(=O)=O)c2ccccc2O1)c1ccccc1. The Labute approximate surface area is 147 Å². The summed E-state index contributed by atoms with van der Waals surface area (Å²) in [5.41, 5.74) is 1.41. The number of ether oxygens (including phenoxy) is 1. The van der Waals surface area contributed by atoms with Crippen molar-refractivity contribution >= 4 is 21.6 Å². The number of rotatable bonds is 4. The van der Waals surface area contributed by atoms with Crippen molar-refractivity contribution in [1.82, 2.24) is 5.32 Å². The number of carbonyl (C=O) groups excluding carboxylic acids is 1. The molecule has 1 aliphatic heterocycles. The van der Waals surface area contributed by atoms with Crippen LogP contribution in [0.3, 0.4) is 0 Å². The van der Waals surface area contributed by atoms with E-state index in [-0.39, 0.29) is 18.5 Å². The molecule has 0 aliphatic carbocycles. The molecule has 2 aromatic rings. The first-order valence-electron chi connectivity index (χ1n) is 7.95. The fraction of sp³-hybridized carbons (Fsp3) is 0.278. The highest BCUT2D eigenvalue weighted by Gasteiger charge is 2.35. The van der Waals surface area contributed by atoms with Gasteiger partial charge in [0.15, 0.2) is 6.10 Å². The van der Waals surface area contributed by atoms with E-state index in [2.05, 4.69) is 5.32 Å². The van der Waals surface area contributed by atoms with Crippen LogP contribution >= 0.6 is 0 Å². The Hall–Kier alpha value is -2.54. The summed E-state index contributed by atoms with van der Waals surface area (Å²) in [6.45, 7) is 1.82. The molecule has 2 atom stereocenters. The van der Waals surface area contributed by atoms with Gasteiger partial charge in [-0.3, -0.25) is 9.10 Å². The van der Waals surface area contributed by atoms with Crippen molar-refractivity contribution in [3.63, 3.8) is 0 Å². The third-order valence-electron chi connectivity index (χ3n) is 4.09. The van der Waals surface area contributed by atoms with Gasteiger partial charge in [0.1, 0.15) is 5.75 Å². The number of nitrogens with one attached hydrogen (secondary N) is 1. The lowest BCUT2D eigenvalue weighted by Gasteiger charge is -2.34. The number of anilines is 1. The standard InChI is InChI=1S/C18H20N2O4S/c1-13(14-8-4-3-5-9-14)19-18(21)17-12-20(25(2,22)23)15-10-6-7-11-16(15)24-17/h3-11,13,17H,12H2,1-2H3,(H,19,21)/t13-,17+/m1/s1. The molecule has 0 unspecified atom stereocenters. The van der Waals surface area contributed by atoms with Gasteiger partial charge in [-0.2, -0.15) is 0 Å². The fourth-order valence-electron chi connectivity index (χ4n) is 2.78. The van der Waals surface area contributed by atoms with Crippen LogP contribution in [0, 0.1) is 0 Å². The minimum Gasteiger partial charge on any atom is -0.476 e. The van der Waals surface area contributed by atoms with Crippen molar-refractivity contribution in [3.8, 4) is 5.75 Å². The number of sulfonamides is 1. The number of hydrogen-bond donors (Lipinski definition) is 1. The molecule has 0 fully saturated rings. The molecule has 0 saturated heterocycles. The van der Waals surface area contributed by atoms with Crippen LogP contribution in [0.1, 0.15) is 18.5 Å². The summed E-state index contributed by atoms with van der Waals surface area (Å²) in [6, 6.07) is 16.1. The first-order valence-corrected chi connectivity index (χ1v) is 9.80. The van der Waals surface area contributed by atoms with Gasteiger partial charge in [-0.25, -0.2) is 8.42 Å². The Bertz CT molecular complexity index is 868. The van der Waals surface area contributed by atoms with E-state index in [4.69, 9.17) is 4.74 Å². The number of benzene rings is 2. The molecule has 132 valence electrons. The van der Waals surface area contributed by atoms with E-state index in [1.54, 1.807) is 24.3 Å². The van der Waals surface area contributed by atoms with Gasteiger partial charge >= 0.3 is 0 Å². The van der Waals surface area contributed by atoms with Crippen LogP contribution in [0.25, 0.3) is 0 Å². The molecule has 0 bridgehead atoms. The summed E-state index contributed by atoms with van der Waals surface area (Å²) in [5.74, 6) is 0.0335. The van der Waals surface area contributed by atoms with Gasteiger partial charge in [0.25, 0.3) is 5.91 Å². The minimum atomic E-state index is -3.51. The van der Waals surface area contributed by atoms with Crippen molar-refractivity contribution in [1.29, 1.82) is 0 Å². The summed E-state index contributed by atoms with van der Waals surface area (Å²) in [6.07, 6.45) is 0.215. The predicted octanol–water partition coefficient (Wildman–Crippen LogP) is 2.09. The van der Waals surface area contributed by atoms with Crippen molar-refractivity contribution in [2.24, 2.45) is 0 Å². The van der Waals surface area contributed by atoms with Gasteiger partial charge in [0, 0.05) is 0 Å². The van der Waals surface area contributed by atoms with Crippen molar-refractivity contribution < 1.29 is 17.9 Å². The number of para-hydroxylation sites is 2. The molecule has 0 saturated carbocycles. The molecule has 0 radical (unpaired) electrons. The van der Waals surface area contributed by atoms with E-state index < -0.39 is 16.1 Å². The molecule has 25 heavy (non-hydrogen) atoms. The molecule has 1 heterocycles. The zero-order chi connectivity index (χ0) is 18.0. The molecule has 7 heteroatoms. The van der Waals surface area contributed by atoms with E-state index in [9.17, 15) is 13.2 Å². The molecule has 2 aromatic carbocycles. The third kappa shape index (κ3) is 3.76. The normalized spacial score (nSPS) is 18.0. The summed E-state index contributed by atoms with van der Waals surface area (Å²) in [4.78, 5) is 12.6. The molecule has 0 aromatic heterocycles. The smallest absolute Gasteiger partial charge is 0.263 e. The number of carbonyl (C=O) groups is 1. The summed E-state index contributed by atoms with van der Waals surface area (Å²) < 4.78 is 31.1. The average molecular weight is 360 g/mol. The minimum absolute atomic E-state index is 0.0524. The zero-order valence-corrected chi connectivity index (χ0v) is 14.9. The molecule has 1 amide bonds. The van der Waals surface area contributed by atoms with E-state index >= 15 is 0 Å². The topological polar surface area (TPSA) is 75.7 Å². The summed E-state index contributed by atoms with van der Waals surface area (Å²) >= 11 is 0. The molecular weight excluding hydrogens is 340 g/mol. The third-order valence-corrected chi connectivity index (χ3v) is 5.23. The maximum absolute atomic E-state index is 12.6. The fourth-order valence-corrected chi connectivity index (χ4v) is 3.70. The van der Waals surface area contributed by atoms with Crippen LogP contribution in [-0.2, 0) is 14.8 Å². The van der Waals surface area contributed by atoms with Crippen LogP contribution in [0.5, 0.6) is 5.75 Å². The first-order chi connectivity index (χ1) is 11.9. The number of hydrogen-bond acceptors (Lipinski definition) is 4. The van der Waals surface area contributed by atoms with Crippen LogP contribution in [-0.4, -0.2) is 33.2 Å². The zero-order valence-electron chi connectivity index (χ0n) is 14.0. The van der Waals surface area contributed by atoms with Crippen LogP contribution < -0.4 is 14.4 Å². The van der Waals surface area contributed by atoms with Gasteiger partial charge in [-0.15, -0.1) is 0 Å². The van der Waals surface area contributed by atoms with Crippen molar-refractivity contribution in [3.05, 3.63) is 60.2 Å². The van der Waals surface area contributed by atoms with Gasteiger partial charge in [-0.1, -0.05) is 42.5 Å². The van der Waals surface area contributed by atoms with E-state index in [0.29, 0.717) is 11.4 Å². The lowest BCUT2D eigenvalue weighted by Crippen LogP contribution is -2.50. The number of fused-ring (bicyclic) bond motifs is 1. The first kappa shape index (κ1) is 17.3. The van der Waals surface area contributed by atoms with Crippen molar-refractivity contribution in [2.75, 3.05) is 17.1 Å². The number of amides is 1. The monoisotopic (exact) mass is 360 g/mol. The lowest BCUT2D eigenvalue weighted by molar-refractivity contribution is -0.128. The maximum atomic E-state index is 12.6. The Kier molecular flexibility index (Phi) is 4.67. The van der Waals surface area contributed by atoms with Crippen LogP contribution in [0.15, 0.2) is 54.6 Å². The Morgan fingerprint density at radius 2 is 1.80 bits per heavy atom. The molecular formula is C18H20N2O4S. The van der Waals surface area contributed by atoms with Gasteiger partial charge in [0.05, 0.1) is 24.5 Å². The molecule has 6 nitrogen and oxygen atoms in total. The van der Waals surface area contributed by atoms with Crippen molar-refractivity contribution in [2.45, 2.75) is 19.1 Å². The highest BCUT2D eigenvalue weighted by atomic mass is 32.2. The van der Waals surface area contributed by atoms with Gasteiger partial charge in [-0.05, 0) is 24.6 Å². The summed E-state index contributed by atoms with van der Waals surface area (Å²) in [5, 5.41) is 2.88. The maximum Gasteiger partial charge on any atom is 0.263 e. The molecule has 1 N–H and O–H groups in total. The molecule has 3 rings (SSSR count). The van der Waals surface area contributed by atoms with E-state index in [0.717, 1.165) is 11.8 Å². The van der Waals surface area contributed by atoms with Crippen LogP contribution in [0.4, 0.5) is 5.69 Å². The lowest BCUT2D eigenvalue weighted by atomic mass is 10.1. The molecule has 1 aliphatic rings. The Morgan fingerprint density at radius 3 is 2.48 bits per heavy atom. The molecule has 0 spiro atoms. The second kappa shape index (κ2) is 6.76. The van der Waals surface area contributed by atoms with E-state index in [1.165, 1.54) is 4.31 Å². The Balaban J connectivity index is 1.80. The van der Waals surface area contributed by atoms with E-state index in [1.807, 2.05) is 37.3 Å². The second-order valence-corrected chi connectivity index (χ2v) is 7.92. The van der Waals surface area contributed by atoms with Gasteiger partial charge < -0.3 is 10.1 Å². The summed E-state index contributed by atoms with van der Waals surface area (Å²) in [7, 11) is -3.51. The highest BCUT2D eigenvalue weighted by Crippen LogP contribution is 2.34. The van der Waals surface area contributed by atoms with Crippen LogP contribution in [0.2, 0.25) is 0 Å². The largest absolute Gasteiger partial charge is 0.476 e. The predicted molar refractivity (Wildman–Crippen MR) is 96.0 cm³/mol. The second-order valence-electron chi connectivity index (χ2n) is 6.01. The Morgan fingerprint density at radius 1 is 1.16 bits per heavy atom. The average Bonchev–Trinajstić information content (AvgIpc) is 2.60. The highest BCUT2D eigenvalue weighted by molar-refractivity contribution is 7.92. The van der Waals surface area contributed by atoms with Gasteiger partial charge in [0.2, 0.25) is 10.0 Å². The number of nitrogens with zero attached hydrogens (tertiary/aromatic N) is 1.